The van der Waals surface area contributed by atoms with Crippen molar-refractivity contribution in [1.29, 1.82) is 0 Å². The van der Waals surface area contributed by atoms with E-state index in [-0.39, 0.29) is 24.3 Å². The van der Waals surface area contributed by atoms with Crippen LogP contribution in [0, 0.1) is 5.92 Å². The van der Waals surface area contributed by atoms with Gasteiger partial charge in [0, 0.05) is 17.7 Å². The molecule has 2 aromatic rings. The van der Waals surface area contributed by atoms with Gasteiger partial charge >= 0.3 is 5.97 Å². The number of amides is 3. The van der Waals surface area contributed by atoms with Gasteiger partial charge in [-0.3, -0.25) is 29.6 Å². The molecule has 0 bridgehead atoms. The lowest BCUT2D eigenvalue weighted by Crippen LogP contribution is -2.43. The highest BCUT2D eigenvalue weighted by atomic mass is 16.5. The number of rotatable bonds is 6. The molecule has 0 spiro atoms. The number of carbonyl (C=O) groups is 4. The lowest BCUT2D eigenvalue weighted by atomic mass is 9.87. The largest absolute Gasteiger partial charge is 0.455 e. The molecule has 3 rings (SSSR count). The molecule has 1 atom stereocenters. The van der Waals surface area contributed by atoms with Crippen LogP contribution in [0.25, 0.3) is 0 Å². The van der Waals surface area contributed by atoms with Crippen molar-refractivity contribution in [2.45, 2.75) is 32.6 Å². The molecule has 0 aromatic heterocycles. The van der Waals surface area contributed by atoms with E-state index in [0.29, 0.717) is 11.3 Å². The number of benzene rings is 2. The van der Waals surface area contributed by atoms with E-state index in [1.807, 2.05) is 18.2 Å². The van der Waals surface area contributed by atoms with Crippen LogP contribution in [-0.2, 0) is 24.5 Å². The number of esters is 1. The van der Waals surface area contributed by atoms with Gasteiger partial charge in [-0.05, 0) is 35.2 Å². The molecule has 3 amide bonds. The highest BCUT2D eigenvalue weighted by Gasteiger charge is 2.36. The fourth-order valence-electron chi connectivity index (χ4n) is 3.26. The number of hydrazine groups is 1. The number of nitrogens with one attached hydrogen (secondary N) is 2. The predicted molar refractivity (Wildman–Crippen MR) is 118 cm³/mol. The van der Waals surface area contributed by atoms with Crippen molar-refractivity contribution >= 4 is 29.4 Å². The summed E-state index contributed by atoms with van der Waals surface area (Å²) in [7, 11) is 0. The number of carbonyl (C=O) groups excluding carboxylic acids is 4. The molecule has 1 heterocycles. The summed E-state index contributed by atoms with van der Waals surface area (Å²) in [6, 6.07) is 15.9. The Kier molecular flexibility index (Phi) is 6.92. The number of nitrogens with zero attached hydrogens (tertiary/aromatic N) is 1. The average molecular weight is 437 g/mol. The van der Waals surface area contributed by atoms with E-state index in [1.165, 1.54) is 0 Å². The molecule has 0 aliphatic carbocycles. The summed E-state index contributed by atoms with van der Waals surface area (Å²) < 4.78 is 5.05. The van der Waals surface area contributed by atoms with Gasteiger partial charge in [-0.15, -0.1) is 0 Å². The lowest BCUT2D eigenvalue weighted by Gasteiger charge is -2.20. The first kappa shape index (κ1) is 23.0. The molecule has 0 saturated carbocycles. The molecule has 0 radical (unpaired) electrons. The molecule has 168 valence electrons. The molecular weight excluding hydrogens is 410 g/mol. The fraction of sp³-hybridized carbons (Fsp3) is 0.333. The third kappa shape index (κ3) is 5.94. The molecule has 1 saturated heterocycles. The highest BCUT2D eigenvalue weighted by Crippen LogP contribution is 2.22. The summed E-state index contributed by atoms with van der Waals surface area (Å²) in [5.41, 5.74) is 4.60. The molecule has 8 nitrogen and oxygen atoms in total. The number of hydrogen-bond donors (Lipinski definition) is 2. The zero-order chi connectivity index (χ0) is 23.3. The molecule has 2 N–H and O–H groups in total. The van der Waals surface area contributed by atoms with Gasteiger partial charge in [0.05, 0.1) is 12.5 Å². The molecular formula is C24H27N3O5. The van der Waals surface area contributed by atoms with Crippen molar-refractivity contribution < 1.29 is 23.9 Å². The monoisotopic (exact) mass is 437 g/mol. The number of hydrogen-bond acceptors (Lipinski definition) is 5. The number of ether oxygens (including phenoxy) is 1. The Bertz CT molecular complexity index is 997. The van der Waals surface area contributed by atoms with E-state index in [4.69, 9.17) is 4.74 Å². The Labute approximate surface area is 186 Å². The summed E-state index contributed by atoms with van der Waals surface area (Å²) in [6.45, 7) is 5.77. The van der Waals surface area contributed by atoms with E-state index in [1.54, 1.807) is 36.4 Å². The molecule has 1 aliphatic heterocycles. The third-order valence-corrected chi connectivity index (χ3v) is 5.11. The summed E-state index contributed by atoms with van der Waals surface area (Å²) in [6.07, 6.45) is -0.0949. The Morgan fingerprint density at radius 1 is 1.03 bits per heavy atom. The van der Waals surface area contributed by atoms with Gasteiger partial charge in [0.1, 0.15) is 0 Å². The minimum Gasteiger partial charge on any atom is -0.455 e. The highest BCUT2D eigenvalue weighted by molar-refractivity contribution is 5.97. The third-order valence-electron chi connectivity index (χ3n) is 5.11. The maximum Gasteiger partial charge on any atom is 0.311 e. The maximum absolute atomic E-state index is 12.5. The minimum absolute atomic E-state index is 0.0101. The quantitative estimate of drug-likeness (QED) is 0.676. The van der Waals surface area contributed by atoms with Crippen LogP contribution in [0.15, 0.2) is 54.6 Å². The Balaban J connectivity index is 1.49. The molecule has 1 fully saturated rings. The number of para-hydroxylation sites is 1. The van der Waals surface area contributed by atoms with Gasteiger partial charge in [-0.2, -0.15) is 0 Å². The second-order valence-corrected chi connectivity index (χ2v) is 8.70. The van der Waals surface area contributed by atoms with Crippen LogP contribution in [0.2, 0.25) is 0 Å². The van der Waals surface area contributed by atoms with Crippen LogP contribution in [0.1, 0.15) is 43.1 Å². The first-order valence-corrected chi connectivity index (χ1v) is 10.4. The van der Waals surface area contributed by atoms with E-state index < -0.39 is 30.3 Å². The van der Waals surface area contributed by atoms with Crippen molar-refractivity contribution in [3.8, 4) is 0 Å². The zero-order valence-corrected chi connectivity index (χ0v) is 18.4. The SMILES string of the molecule is CC(C)(C)c1ccc(C(=O)NN2C[C@@H](C(=O)OCC(=O)Nc3ccccc3)CC2=O)cc1. The van der Waals surface area contributed by atoms with Gasteiger partial charge in [0.25, 0.3) is 11.8 Å². The van der Waals surface area contributed by atoms with Crippen molar-refractivity contribution in [1.82, 2.24) is 10.4 Å². The van der Waals surface area contributed by atoms with Crippen LogP contribution >= 0.6 is 0 Å². The molecule has 32 heavy (non-hydrogen) atoms. The van der Waals surface area contributed by atoms with Crippen LogP contribution < -0.4 is 10.7 Å². The second kappa shape index (κ2) is 9.64. The van der Waals surface area contributed by atoms with E-state index in [9.17, 15) is 19.2 Å². The average Bonchev–Trinajstić information content (AvgIpc) is 3.12. The zero-order valence-electron chi connectivity index (χ0n) is 18.4. The van der Waals surface area contributed by atoms with Gasteiger partial charge < -0.3 is 10.1 Å². The van der Waals surface area contributed by atoms with E-state index in [0.717, 1.165) is 10.6 Å². The first-order chi connectivity index (χ1) is 15.1. The lowest BCUT2D eigenvalue weighted by molar-refractivity contribution is -0.151. The van der Waals surface area contributed by atoms with Crippen molar-refractivity contribution in [2.75, 3.05) is 18.5 Å². The molecule has 0 unspecified atom stereocenters. The van der Waals surface area contributed by atoms with Gasteiger partial charge in [0.2, 0.25) is 5.91 Å². The maximum atomic E-state index is 12.5. The second-order valence-electron chi connectivity index (χ2n) is 8.70. The van der Waals surface area contributed by atoms with Crippen molar-refractivity contribution in [3.63, 3.8) is 0 Å². The Morgan fingerprint density at radius 2 is 1.69 bits per heavy atom. The minimum atomic E-state index is -0.754. The number of anilines is 1. The summed E-state index contributed by atoms with van der Waals surface area (Å²) >= 11 is 0. The Hall–Kier alpha value is -3.68. The van der Waals surface area contributed by atoms with E-state index in [2.05, 4.69) is 31.5 Å². The first-order valence-electron chi connectivity index (χ1n) is 10.4. The van der Waals surface area contributed by atoms with Crippen LogP contribution in [0.3, 0.4) is 0 Å². The molecule has 2 aromatic carbocycles. The van der Waals surface area contributed by atoms with E-state index >= 15 is 0 Å². The standard InChI is InChI=1S/C24H27N3O5/c1-24(2,3)18-11-9-16(10-12-18)22(30)26-27-14-17(13-21(27)29)23(31)32-15-20(28)25-19-7-5-4-6-8-19/h4-12,17H,13-15H2,1-3H3,(H,25,28)(H,26,30)/t17-/m0/s1. The van der Waals surface area contributed by atoms with Gasteiger partial charge in [-0.1, -0.05) is 51.1 Å². The summed E-state index contributed by atoms with van der Waals surface area (Å²) in [4.78, 5) is 49.0. The predicted octanol–water partition coefficient (Wildman–Crippen LogP) is 2.66. The smallest absolute Gasteiger partial charge is 0.311 e. The van der Waals surface area contributed by atoms with Crippen molar-refractivity contribution in [2.24, 2.45) is 5.92 Å². The van der Waals surface area contributed by atoms with Gasteiger partial charge in [0.15, 0.2) is 6.61 Å². The fourth-order valence-corrected chi connectivity index (χ4v) is 3.26. The van der Waals surface area contributed by atoms with Crippen LogP contribution in [0.4, 0.5) is 5.69 Å². The van der Waals surface area contributed by atoms with Crippen LogP contribution in [0.5, 0.6) is 0 Å². The van der Waals surface area contributed by atoms with Crippen LogP contribution in [-0.4, -0.2) is 41.9 Å². The Morgan fingerprint density at radius 3 is 2.31 bits per heavy atom. The summed E-state index contributed by atoms with van der Waals surface area (Å²) in [5, 5.41) is 3.73. The topological polar surface area (TPSA) is 105 Å². The molecule has 8 heteroatoms. The normalized spacial score (nSPS) is 15.9. The summed E-state index contributed by atoms with van der Waals surface area (Å²) in [5.74, 6) is -2.71. The van der Waals surface area contributed by atoms with Crippen molar-refractivity contribution in [3.05, 3.63) is 65.7 Å². The van der Waals surface area contributed by atoms with Gasteiger partial charge in [-0.25, -0.2) is 0 Å². The molecule has 1 aliphatic rings.